The van der Waals surface area contributed by atoms with Crippen LogP contribution in [-0.2, 0) is 0 Å². The molecule has 2 rings (SSSR count). The topological polar surface area (TPSA) is 29.3 Å². The van der Waals surface area contributed by atoms with Gasteiger partial charge in [-0.3, -0.25) is 0 Å². The molecule has 0 radical (unpaired) electrons. The molecule has 0 bridgehead atoms. The largest absolute Gasteiger partial charge is 0.373 e. The Morgan fingerprint density at radius 2 is 2.33 bits per heavy atom. The molecule has 1 aliphatic rings. The van der Waals surface area contributed by atoms with Crippen molar-refractivity contribution in [2.24, 2.45) is 5.73 Å². The molecule has 1 aliphatic heterocycles. The lowest BCUT2D eigenvalue weighted by molar-refractivity contribution is 0.572. The van der Waals surface area contributed by atoms with Crippen molar-refractivity contribution in [3.05, 3.63) is 28.2 Å². The summed E-state index contributed by atoms with van der Waals surface area (Å²) >= 11 is 3.61. The molecule has 1 aromatic carbocycles. The quantitative estimate of drug-likeness (QED) is 0.894. The second kappa shape index (κ2) is 4.14. The fraction of sp³-hybridized carbons (Fsp3) is 0.500. The maximum atomic E-state index is 5.88. The monoisotopic (exact) mass is 268 g/mol. The van der Waals surface area contributed by atoms with E-state index in [4.69, 9.17) is 5.73 Å². The van der Waals surface area contributed by atoms with E-state index in [1.165, 1.54) is 15.7 Å². The molecule has 0 saturated heterocycles. The minimum absolute atomic E-state index is 0.272. The zero-order chi connectivity index (χ0) is 11.0. The van der Waals surface area contributed by atoms with Crippen LogP contribution in [0, 0.1) is 0 Å². The second-order valence-corrected chi connectivity index (χ2v) is 5.32. The van der Waals surface area contributed by atoms with Gasteiger partial charge in [0.1, 0.15) is 0 Å². The van der Waals surface area contributed by atoms with E-state index in [1.54, 1.807) is 0 Å². The molecule has 2 nitrogen and oxygen atoms in total. The van der Waals surface area contributed by atoms with E-state index < -0.39 is 0 Å². The average molecular weight is 269 g/mol. The lowest BCUT2D eigenvalue weighted by Gasteiger charge is -2.14. The zero-order valence-electron chi connectivity index (χ0n) is 9.20. The van der Waals surface area contributed by atoms with Crippen molar-refractivity contribution in [1.29, 1.82) is 0 Å². The van der Waals surface area contributed by atoms with Crippen LogP contribution in [0.5, 0.6) is 0 Å². The van der Waals surface area contributed by atoms with Crippen molar-refractivity contribution in [1.82, 2.24) is 0 Å². The number of nitrogens with two attached hydrogens (primary N) is 1. The van der Waals surface area contributed by atoms with Crippen molar-refractivity contribution in [2.45, 2.75) is 25.3 Å². The summed E-state index contributed by atoms with van der Waals surface area (Å²) in [4.78, 5) is 2.31. The highest BCUT2D eigenvalue weighted by Crippen LogP contribution is 2.41. The third kappa shape index (κ3) is 2.04. The molecular formula is C12H17BrN2. The molecule has 15 heavy (non-hydrogen) atoms. The van der Waals surface area contributed by atoms with Crippen molar-refractivity contribution in [3.63, 3.8) is 0 Å². The normalized spacial score (nSPS) is 21.6. The smallest absolute Gasteiger partial charge is 0.0544 e. The van der Waals surface area contributed by atoms with E-state index in [-0.39, 0.29) is 6.04 Å². The Hall–Kier alpha value is -0.540. The number of hydrogen-bond donors (Lipinski definition) is 1. The van der Waals surface area contributed by atoms with Gasteiger partial charge in [0.15, 0.2) is 0 Å². The van der Waals surface area contributed by atoms with Gasteiger partial charge in [-0.15, -0.1) is 0 Å². The van der Waals surface area contributed by atoms with E-state index in [0.29, 0.717) is 5.92 Å². The predicted molar refractivity (Wildman–Crippen MR) is 68.4 cm³/mol. The van der Waals surface area contributed by atoms with Gasteiger partial charge in [-0.25, -0.2) is 0 Å². The van der Waals surface area contributed by atoms with Crippen LogP contribution in [0.25, 0.3) is 0 Å². The molecule has 1 heterocycles. The summed E-state index contributed by atoms with van der Waals surface area (Å²) in [5.74, 6) is 0.586. The fourth-order valence-corrected chi connectivity index (χ4v) is 3.12. The van der Waals surface area contributed by atoms with Crippen molar-refractivity contribution < 1.29 is 0 Å². The Balaban J connectivity index is 2.34. The zero-order valence-corrected chi connectivity index (χ0v) is 10.8. The molecule has 1 aromatic rings. The first kappa shape index (κ1) is 11.0. The third-order valence-corrected chi connectivity index (χ3v) is 3.63. The number of benzene rings is 1. The number of rotatable bonds is 2. The Kier molecular flexibility index (Phi) is 3.03. The van der Waals surface area contributed by atoms with Crippen LogP contribution in [0.2, 0.25) is 0 Å². The van der Waals surface area contributed by atoms with E-state index in [2.05, 4.69) is 53.0 Å². The molecule has 0 spiro atoms. The molecule has 0 amide bonds. The summed E-state index contributed by atoms with van der Waals surface area (Å²) in [7, 11) is 2.14. The standard InChI is InChI=1S/C12H17BrN2/c1-8(14)6-9-7-15(2)12-10(9)4-3-5-11(12)13/h3-5,8-9H,6-7,14H2,1-2H3. The van der Waals surface area contributed by atoms with E-state index in [9.17, 15) is 0 Å². The van der Waals surface area contributed by atoms with Gasteiger partial charge in [0.2, 0.25) is 0 Å². The van der Waals surface area contributed by atoms with Crippen molar-refractivity contribution in [2.75, 3.05) is 18.5 Å². The third-order valence-electron chi connectivity index (χ3n) is 2.99. The number of fused-ring (bicyclic) bond motifs is 1. The predicted octanol–water partition coefficient (Wildman–Crippen LogP) is 2.72. The van der Waals surface area contributed by atoms with Crippen LogP contribution in [0.15, 0.2) is 22.7 Å². The van der Waals surface area contributed by atoms with Crippen LogP contribution in [-0.4, -0.2) is 19.6 Å². The summed E-state index contributed by atoms with van der Waals surface area (Å²) in [6.45, 7) is 3.16. The minimum atomic E-state index is 0.272. The first-order valence-corrected chi connectivity index (χ1v) is 6.14. The highest BCUT2D eigenvalue weighted by molar-refractivity contribution is 9.10. The number of halogens is 1. The number of nitrogens with zero attached hydrogens (tertiary/aromatic N) is 1. The van der Waals surface area contributed by atoms with Crippen LogP contribution in [0.3, 0.4) is 0 Å². The van der Waals surface area contributed by atoms with Crippen LogP contribution in [0.1, 0.15) is 24.8 Å². The van der Waals surface area contributed by atoms with Crippen LogP contribution >= 0.6 is 15.9 Å². The summed E-state index contributed by atoms with van der Waals surface area (Å²) in [6.07, 6.45) is 1.06. The molecule has 2 atom stereocenters. The fourth-order valence-electron chi connectivity index (χ4n) is 2.43. The Morgan fingerprint density at radius 1 is 1.60 bits per heavy atom. The highest BCUT2D eigenvalue weighted by Gasteiger charge is 2.28. The molecule has 2 N–H and O–H groups in total. The number of hydrogen-bond acceptors (Lipinski definition) is 2. The molecule has 82 valence electrons. The summed E-state index contributed by atoms with van der Waals surface area (Å²) < 4.78 is 1.19. The van der Waals surface area contributed by atoms with E-state index in [1.807, 2.05) is 0 Å². The molecule has 0 aromatic heterocycles. The number of likely N-dealkylation sites (N-methyl/N-ethyl adjacent to an activating group) is 1. The molecule has 0 saturated carbocycles. The average Bonchev–Trinajstić information content (AvgIpc) is 2.44. The highest BCUT2D eigenvalue weighted by atomic mass is 79.9. The number of anilines is 1. The first-order valence-electron chi connectivity index (χ1n) is 5.34. The Bertz CT molecular complexity index is 363. The molecular weight excluding hydrogens is 252 g/mol. The van der Waals surface area contributed by atoms with Gasteiger partial charge >= 0.3 is 0 Å². The number of para-hydroxylation sites is 1. The van der Waals surface area contributed by atoms with E-state index in [0.717, 1.165) is 13.0 Å². The lowest BCUT2D eigenvalue weighted by Crippen LogP contribution is -2.22. The van der Waals surface area contributed by atoms with Gasteiger partial charge in [-0.2, -0.15) is 0 Å². The van der Waals surface area contributed by atoms with E-state index >= 15 is 0 Å². The first-order chi connectivity index (χ1) is 7.09. The maximum absolute atomic E-state index is 5.88. The minimum Gasteiger partial charge on any atom is -0.373 e. The summed E-state index contributed by atoms with van der Waals surface area (Å²) in [5, 5.41) is 0. The molecule has 2 unspecified atom stereocenters. The molecule has 3 heteroatoms. The van der Waals surface area contributed by atoms with Crippen LogP contribution < -0.4 is 10.6 Å². The SMILES string of the molecule is CC(N)CC1CN(C)c2c(Br)cccc21. The van der Waals surface area contributed by atoms with Gasteiger partial charge in [-0.05, 0) is 40.9 Å². The van der Waals surface area contributed by atoms with Gasteiger partial charge in [0.25, 0.3) is 0 Å². The molecule has 0 fully saturated rings. The summed E-state index contributed by atoms with van der Waals surface area (Å²) in [5.41, 5.74) is 8.65. The maximum Gasteiger partial charge on any atom is 0.0544 e. The second-order valence-electron chi connectivity index (χ2n) is 4.47. The Labute approximate surface area is 99.6 Å². The van der Waals surface area contributed by atoms with Crippen LogP contribution in [0.4, 0.5) is 5.69 Å². The van der Waals surface area contributed by atoms with Gasteiger partial charge in [0.05, 0.1) is 5.69 Å². The van der Waals surface area contributed by atoms with Gasteiger partial charge in [0, 0.05) is 30.0 Å². The van der Waals surface area contributed by atoms with Crippen molar-refractivity contribution >= 4 is 21.6 Å². The Morgan fingerprint density at radius 3 is 3.00 bits per heavy atom. The van der Waals surface area contributed by atoms with Crippen molar-refractivity contribution in [3.8, 4) is 0 Å². The summed E-state index contributed by atoms with van der Waals surface area (Å²) in [6, 6.07) is 6.70. The lowest BCUT2D eigenvalue weighted by atomic mass is 9.95. The van der Waals surface area contributed by atoms with Gasteiger partial charge < -0.3 is 10.6 Å². The molecule has 0 aliphatic carbocycles. The van der Waals surface area contributed by atoms with Gasteiger partial charge in [-0.1, -0.05) is 12.1 Å².